The van der Waals surface area contributed by atoms with Gasteiger partial charge in [-0.25, -0.2) is 0 Å². The van der Waals surface area contributed by atoms with Crippen molar-refractivity contribution in [2.75, 3.05) is 26.2 Å². The molecule has 0 spiro atoms. The highest BCUT2D eigenvalue weighted by molar-refractivity contribution is 5.88. The average molecular weight is 358 g/mol. The van der Waals surface area contributed by atoms with Crippen LogP contribution in [0.15, 0.2) is 0 Å². The molecule has 0 bridgehead atoms. The van der Waals surface area contributed by atoms with Crippen LogP contribution in [0.25, 0.3) is 0 Å². The number of hydrogen-bond donors (Lipinski definition) is 2. The van der Waals surface area contributed by atoms with Crippen molar-refractivity contribution in [1.82, 2.24) is 15.5 Å². The van der Waals surface area contributed by atoms with Crippen molar-refractivity contribution in [2.24, 2.45) is 17.8 Å². The van der Waals surface area contributed by atoms with Crippen molar-refractivity contribution in [2.45, 2.75) is 57.9 Å². The maximum absolute atomic E-state index is 12.7. The Morgan fingerprint density at radius 1 is 1.00 bits per heavy atom. The number of likely N-dealkylation sites (tertiary alicyclic amines) is 1. The summed E-state index contributed by atoms with van der Waals surface area (Å²) in [7, 11) is 0. The van der Waals surface area contributed by atoms with Crippen LogP contribution in [0.4, 0.5) is 0 Å². The minimum atomic E-state index is -0.388. The van der Waals surface area contributed by atoms with Crippen LogP contribution in [-0.4, -0.2) is 48.9 Å². The second kappa shape index (κ2) is 9.04. The third kappa shape index (κ3) is 4.63. The molecule has 3 atom stereocenters. The van der Waals surface area contributed by atoms with Gasteiger partial charge in [-0.05, 0) is 57.5 Å². The van der Waals surface area contributed by atoms with Gasteiger partial charge in [-0.2, -0.15) is 0 Å². The molecule has 1 saturated carbocycles. The van der Waals surface area contributed by atoms with Gasteiger partial charge in [0, 0.05) is 19.0 Å². The van der Waals surface area contributed by atoms with E-state index in [2.05, 4.69) is 10.6 Å². The quantitative estimate of drug-likeness (QED) is 0.811. The molecule has 3 rings (SSSR count). The smallest absolute Gasteiger partial charge is 0.244 e. The van der Waals surface area contributed by atoms with Gasteiger partial charge in [0.05, 0.1) is 0 Å². The number of fused-ring (bicyclic) bond motifs is 1. The molecular formula is C18H32ClN3O2. The number of carbonyl (C=O) groups excluding carboxylic acids is 2. The molecule has 3 fully saturated rings. The predicted molar refractivity (Wildman–Crippen MR) is 97.1 cm³/mol. The van der Waals surface area contributed by atoms with E-state index in [1.807, 2.05) is 11.8 Å². The third-order valence-corrected chi connectivity index (χ3v) is 6.04. The zero-order valence-electron chi connectivity index (χ0n) is 14.8. The van der Waals surface area contributed by atoms with Crippen LogP contribution in [-0.2, 0) is 9.59 Å². The fraction of sp³-hybridized carbons (Fsp3) is 0.889. The van der Waals surface area contributed by atoms with Crippen LogP contribution in [0.1, 0.15) is 51.9 Å². The van der Waals surface area contributed by atoms with Crippen molar-refractivity contribution >= 4 is 24.2 Å². The number of rotatable bonds is 3. The summed E-state index contributed by atoms with van der Waals surface area (Å²) in [4.78, 5) is 27.0. The highest BCUT2D eigenvalue weighted by Gasteiger charge is 2.33. The molecule has 3 aliphatic rings. The summed E-state index contributed by atoms with van der Waals surface area (Å²) in [6.45, 7) is 5.72. The van der Waals surface area contributed by atoms with Crippen molar-refractivity contribution < 1.29 is 9.59 Å². The lowest BCUT2D eigenvalue weighted by molar-refractivity contribution is -0.137. The lowest BCUT2D eigenvalue weighted by Gasteiger charge is -2.27. The fourth-order valence-electron chi connectivity index (χ4n) is 4.47. The molecule has 2 saturated heterocycles. The van der Waals surface area contributed by atoms with Crippen LogP contribution >= 0.6 is 12.4 Å². The van der Waals surface area contributed by atoms with Crippen molar-refractivity contribution in [3.8, 4) is 0 Å². The van der Waals surface area contributed by atoms with Gasteiger partial charge < -0.3 is 15.5 Å². The Kier molecular flexibility index (Phi) is 7.35. The van der Waals surface area contributed by atoms with Crippen molar-refractivity contribution in [3.63, 3.8) is 0 Å². The molecule has 2 heterocycles. The standard InChI is InChI=1S/C18H31N3O2.ClH/c1-13(20-17(22)14-5-3-2-4-6-14)18(23)21-9-7-15-11-19-12-16(15)8-10-21;/h13-16,19H,2-12H2,1H3,(H,20,22);1H/t13-,15-,16+;/m0./s1. The van der Waals surface area contributed by atoms with Gasteiger partial charge in [-0.1, -0.05) is 19.3 Å². The van der Waals surface area contributed by atoms with Crippen molar-refractivity contribution in [1.29, 1.82) is 0 Å². The van der Waals surface area contributed by atoms with Gasteiger partial charge in [0.15, 0.2) is 0 Å². The molecule has 6 heteroatoms. The van der Waals surface area contributed by atoms with E-state index >= 15 is 0 Å². The number of nitrogens with zero attached hydrogens (tertiary/aromatic N) is 1. The van der Waals surface area contributed by atoms with E-state index in [0.717, 1.165) is 76.5 Å². The van der Waals surface area contributed by atoms with Crippen LogP contribution in [0, 0.1) is 17.8 Å². The first-order chi connectivity index (χ1) is 11.1. The first kappa shape index (κ1) is 19.5. The summed E-state index contributed by atoms with van der Waals surface area (Å²) in [6, 6.07) is -0.388. The second-order valence-corrected chi connectivity index (χ2v) is 7.65. The topological polar surface area (TPSA) is 61.4 Å². The molecule has 0 radical (unpaired) electrons. The third-order valence-electron chi connectivity index (χ3n) is 6.04. The Hall–Kier alpha value is -0.810. The highest BCUT2D eigenvalue weighted by Crippen LogP contribution is 2.27. The van der Waals surface area contributed by atoms with E-state index in [1.165, 1.54) is 6.42 Å². The van der Waals surface area contributed by atoms with E-state index in [0.29, 0.717) is 0 Å². The Labute approximate surface area is 151 Å². The summed E-state index contributed by atoms with van der Waals surface area (Å²) in [6.07, 6.45) is 7.66. The van der Waals surface area contributed by atoms with Crippen LogP contribution in [0.5, 0.6) is 0 Å². The van der Waals surface area contributed by atoms with Gasteiger partial charge in [-0.3, -0.25) is 9.59 Å². The summed E-state index contributed by atoms with van der Waals surface area (Å²) in [5.41, 5.74) is 0. The maximum atomic E-state index is 12.7. The van der Waals surface area contributed by atoms with Crippen LogP contribution in [0.2, 0.25) is 0 Å². The largest absolute Gasteiger partial charge is 0.344 e. The molecule has 2 aliphatic heterocycles. The molecule has 0 aromatic heterocycles. The first-order valence-electron chi connectivity index (χ1n) is 9.45. The van der Waals surface area contributed by atoms with Gasteiger partial charge in [0.25, 0.3) is 0 Å². The SMILES string of the molecule is C[C@H](NC(=O)C1CCCCC1)C(=O)N1CC[C@@H]2CNC[C@@H]2CC1.Cl. The zero-order chi connectivity index (χ0) is 16.2. The molecule has 0 aromatic carbocycles. The summed E-state index contributed by atoms with van der Waals surface area (Å²) in [5.74, 6) is 1.75. The number of nitrogens with one attached hydrogen (secondary N) is 2. The molecule has 0 aromatic rings. The maximum Gasteiger partial charge on any atom is 0.244 e. The summed E-state index contributed by atoms with van der Waals surface area (Å²) in [5, 5.41) is 6.44. The highest BCUT2D eigenvalue weighted by atomic mass is 35.5. The normalized spacial score (nSPS) is 29.1. The van der Waals surface area contributed by atoms with E-state index in [1.54, 1.807) is 0 Å². The number of amides is 2. The van der Waals surface area contributed by atoms with E-state index in [-0.39, 0.29) is 36.2 Å². The molecule has 24 heavy (non-hydrogen) atoms. The Morgan fingerprint density at radius 3 is 2.17 bits per heavy atom. The molecule has 1 aliphatic carbocycles. The lowest BCUT2D eigenvalue weighted by atomic mass is 9.88. The predicted octanol–water partition coefficient (Wildman–Crippen LogP) is 1.95. The molecule has 138 valence electrons. The van der Waals surface area contributed by atoms with Crippen molar-refractivity contribution in [3.05, 3.63) is 0 Å². The summed E-state index contributed by atoms with van der Waals surface area (Å²) >= 11 is 0. The molecule has 2 N–H and O–H groups in total. The average Bonchev–Trinajstić information content (AvgIpc) is 2.93. The monoisotopic (exact) mass is 357 g/mol. The Bertz CT molecular complexity index is 426. The van der Waals surface area contributed by atoms with E-state index < -0.39 is 0 Å². The van der Waals surface area contributed by atoms with Gasteiger partial charge >= 0.3 is 0 Å². The zero-order valence-corrected chi connectivity index (χ0v) is 15.6. The number of hydrogen-bond acceptors (Lipinski definition) is 3. The molecule has 5 nitrogen and oxygen atoms in total. The van der Waals surface area contributed by atoms with Gasteiger partial charge in [0.1, 0.15) is 6.04 Å². The number of carbonyl (C=O) groups is 2. The lowest BCUT2D eigenvalue weighted by Crippen LogP contribution is -2.49. The molecular weight excluding hydrogens is 326 g/mol. The second-order valence-electron chi connectivity index (χ2n) is 7.65. The van der Waals surface area contributed by atoms with E-state index in [9.17, 15) is 9.59 Å². The molecule has 2 amide bonds. The van der Waals surface area contributed by atoms with Gasteiger partial charge in [-0.15, -0.1) is 12.4 Å². The Balaban J connectivity index is 0.00000208. The summed E-state index contributed by atoms with van der Waals surface area (Å²) < 4.78 is 0. The van der Waals surface area contributed by atoms with Crippen LogP contribution < -0.4 is 10.6 Å². The Morgan fingerprint density at radius 2 is 1.58 bits per heavy atom. The van der Waals surface area contributed by atoms with Crippen LogP contribution in [0.3, 0.4) is 0 Å². The number of halogens is 1. The first-order valence-corrected chi connectivity index (χ1v) is 9.45. The fourth-order valence-corrected chi connectivity index (χ4v) is 4.47. The van der Waals surface area contributed by atoms with E-state index in [4.69, 9.17) is 0 Å². The van der Waals surface area contributed by atoms with Gasteiger partial charge in [0.2, 0.25) is 11.8 Å². The minimum absolute atomic E-state index is 0. The minimum Gasteiger partial charge on any atom is -0.344 e. The molecule has 0 unspecified atom stereocenters.